The number of aromatic nitrogens is 3. The average molecular weight is 481 g/mol. The second-order valence-electron chi connectivity index (χ2n) is 6.52. The molecule has 0 saturated heterocycles. The molecule has 0 aliphatic carbocycles. The summed E-state index contributed by atoms with van der Waals surface area (Å²) in [4.78, 5) is 33.7. The number of benzene rings is 2. The molecule has 164 valence electrons. The fraction of sp³-hybridized carbons (Fsp3) is 0.100. The van der Waals surface area contributed by atoms with Crippen LogP contribution >= 0.6 is 22.9 Å². The molecule has 2 heterocycles. The van der Waals surface area contributed by atoms with Crippen molar-refractivity contribution in [2.24, 2.45) is 0 Å². The van der Waals surface area contributed by atoms with Crippen molar-refractivity contribution in [3.05, 3.63) is 75.3 Å². The highest BCUT2D eigenvalue weighted by Gasteiger charge is 2.31. The third-order valence-electron chi connectivity index (χ3n) is 4.32. The SMILES string of the molecule is Cc1cccc(Cl)c1-n1cnc2nc(NC(=O)c3ccc(OC(F)(F)F)cc3)sc2c1=O. The van der Waals surface area contributed by atoms with Crippen molar-refractivity contribution in [3.8, 4) is 11.4 Å². The normalized spacial score (nSPS) is 11.5. The second kappa shape index (κ2) is 8.24. The Labute approximate surface area is 187 Å². The number of alkyl halides is 3. The number of anilines is 1. The molecule has 32 heavy (non-hydrogen) atoms. The van der Waals surface area contributed by atoms with Crippen LogP contribution in [0.2, 0.25) is 5.02 Å². The van der Waals surface area contributed by atoms with Gasteiger partial charge in [-0.1, -0.05) is 35.1 Å². The lowest BCUT2D eigenvalue weighted by molar-refractivity contribution is -0.274. The van der Waals surface area contributed by atoms with Crippen molar-refractivity contribution in [1.82, 2.24) is 14.5 Å². The molecule has 0 fully saturated rings. The summed E-state index contributed by atoms with van der Waals surface area (Å²) in [5, 5.41) is 3.00. The number of amides is 1. The van der Waals surface area contributed by atoms with Crippen LogP contribution in [0.1, 0.15) is 15.9 Å². The molecule has 0 aliphatic heterocycles. The molecular weight excluding hydrogens is 469 g/mol. The zero-order chi connectivity index (χ0) is 23.0. The maximum atomic E-state index is 13.0. The standard InChI is InChI=1S/C20H12ClF3N4O3S/c1-10-3-2-4-13(21)14(10)28-9-25-16-15(18(28)30)32-19(26-16)27-17(29)11-5-7-12(8-6-11)31-20(22,23)24/h2-9H,1H3,(H,26,27,29). The van der Waals surface area contributed by atoms with Crippen molar-refractivity contribution in [3.63, 3.8) is 0 Å². The molecule has 2 aromatic heterocycles. The summed E-state index contributed by atoms with van der Waals surface area (Å²) >= 11 is 7.17. The van der Waals surface area contributed by atoms with E-state index in [1.165, 1.54) is 23.0 Å². The van der Waals surface area contributed by atoms with Crippen molar-refractivity contribution in [2.75, 3.05) is 5.32 Å². The van der Waals surface area contributed by atoms with E-state index in [-0.39, 0.29) is 21.0 Å². The first-order valence-electron chi connectivity index (χ1n) is 8.93. The monoisotopic (exact) mass is 480 g/mol. The molecule has 0 atom stereocenters. The van der Waals surface area contributed by atoms with E-state index in [4.69, 9.17) is 11.6 Å². The summed E-state index contributed by atoms with van der Waals surface area (Å²) in [5.74, 6) is -1.07. The predicted molar refractivity (Wildman–Crippen MR) is 114 cm³/mol. The number of nitrogens with zero attached hydrogens (tertiary/aromatic N) is 3. The van der Waals surface area contributed by atoms with Gasteiger partial charge in [0.05, 0.1) is 10.7 Å². The molecule has 4 aromatic rings. The molecule has 7 nitrogen and oxygen atoms in total. The van der Waals surface area contributed by atoms with E-state index in [0.717, 1.165) is 29.0 Å². The third kappa shape index (κ3) is 4.43. The van der Waals surface area contributed by atoms with Crippen LogP contribution in [0.25, 0.3) is 16.0 Å². The van der Waals surface area contributed by atoms with Gasteiger partial charge >= 0.3 is 6.36 Å². The highest BCUT2D eigenvalue weighted by atomic mass is 35.5. The van der Waals surface area contributed by atoms with Crippen LogP contribution in [0.4, 0.5) is 18.3 Å². The van der Waals surface area contributed by atoms with Crippen LogP contribution in [0.3, 0.4) is 0 Å². The minimum Gasteiger partial charge on any atom is -0.406 e. The summed E-state index contributed by atoms with van der Waals surface area (Å²) in [6, 6.07) is 9.62. The van der Waals surface area contributed by atoms with Crippen LogP contribution in [0.5, 0.6) is 5.75 Å². The molecular formula is C20H12ClF3N4O3S. The molecule has 2 aromatic carbocycles. The van der Waals surface area contributed by atoms with Gasteiger partial charge in [-0.15, -0.1) is 13.2 Å². The number of thiazole rings is 1. The van der Waals surface area contributed by atoms with E-state index in [2.05, 4.69) is 20.0 Å². The molecule has 0 saturated carbocycles. The Morgan fingerprint density at radius 2 is 1.91 bits per heavy atom. The van der Waals surface area contributed by atoms with Crippen LogP contribution in [-0.4, -0.2) is 26.8 Å². The van der Waals surface area contributed by atoms with Crippen molar-refractivity contribution in [1.29, 1.82) is 0 Å². The van der Waals surface area contributed by atoms with Gasteiger partial charge < -0.3 is 4.74 Å². The molecule has 0 unspecified atom stereocenters. The molecule has 0 radical (unpaired) electrons. The minimum absolute atomic E-state index is 0.0795. The average Bonchev–Trinajstić information content (AvgIpc) is 3.12. The first kappa shape index (κ1) is 21.8. The molecule has 4 rings (SSSR count). The van der Waals surface area contributed by atoms with Crippen molar-refractivity contribution < 1.29 is 22.7 Å². The van der Waals surface area contributed by atoms with Crippen molar-refractivity contribution >= 4 is 44.3 Å². The quantitative estimate of drug-likeness (QED) is 0.446. The van der Waals surface area contributed by atoms with Gasteiger partial charge in [0.2, 0.25) is 0 Å². The first-order valence-corrected chi connectivity index (χ1v) is 10.1. The Bertz CT molecular complexity index is 1360. The summed E-state index contributed by atoms with van der Waals surface area (Å²) in [7, 11) is 0. The topological polar surface area (TPSA) is 86.1 Å². The zero-order valence-electron chi connectivity index (χ0n) is 16.1. The number of hydrogen-bond acceptors (Lipinski definition) is 6. The van der Waals surface area contributed by atoms with Gasteiger partial charge in [0, 0.05) is 5.56 Å². The Balaban J connectivity index is 1.60. The molecule has 12 heteroatoms. The van der Waals surface area contributed by atoms with Gasteiger partial charge in [0.1, 0.15) is 16.8 Å². The number of fused-ring (bicyclic) bond motifs is 1. The molecule has 0 spiro atoms. The molecule has 0 bridgehead atoms. The highest BCUT2D eigenvalue weighted by molar-refractivity contribution is 7.22. The van der Waals surface area contributed by atoms with E-state index in [9.17, 15) is 22.8 Å². The van der Waals surface area contributed by atoms with Crippen LogP contribution < -0.4 is 15.6 Å². The minimum atomic E-state index is -4.83. The number of hydrogen-bond donors (Lipinski definition) is 1. The van der Waals surface area contributed by atoms with Gasteiger partial charge in [-0.25, -0.2) is 4.98 Å². The molecule has 1 N–H and O–H groups in total. The molecule has 1 amide bonds. The Hall–Kier alpha value is -3.44. The van der Waals surface area contributed by atoms with Crippen LogP contribution in [0, 0.1) is 6.92 Å². The van der Waals surface area contributed by atoms with E-state index in [1.54, 1.807) is 25.1 Å². The first-order chi connectivity index (χ1) is 15.1. The van der Waals surface area contributed by atoms with Gasteiger partial charge in [-0.3, -0.25) is 19.5 Å². The number of rotatable bonds is 4. The summed E-state index contributed by atoms with van der Waals surface area (Å²) in [6.45, 7) is 1.81. The van der Waals surface area contributed by atoms with Gasteiger partial charge in [-0.05, 0) is 42.8 Å². The lowest BCUT2D eigenvalue weighted by atomic mass is 10.2. The predicted octanol–water partition coefficient (Wildman–Crippen LogP) is 4.95. The number of ether oxygens (including phenoxy) is 1. The summed E-state index contributed by atoms with van der Waals surface area (Å²) in [6.07, 6.45) is -3.52. The highest BCUT2D eigenvalue weighted by Crippen LogP contribution is 2.27. The fourth-order valence-electron chi connectivity index (χ4n) is 2.93. The van der Waals surface area contributed by atoms with E-state index >= 15 is 0 Å². The Morgan fingerprint density at radius 3 is 2.56 bits per heavy atom. The largest absolute Gasteiger partial charge is 0.573 e. The third-order valence-corrected chi connectivity index (χ3v) is 5.57. The summed E-state index contributed by atoms with van der Waals surface area (Å²) in [5.41, 5.74) is 1.09. The smallest absolute Gasteiger partial charge is 0.406 e. The van der Waals surface area contributed by atoms with E-state index in [0.29, 0.717) is 10.7 Å². The fourth-order valence-corrected chi connectivity index (χ4v) is 4.09. The van der Waals surface area contributed by atoms with E-state index < -0.39 is 23.6 Å². The number of nitrogens with one attached hydrogen (secondary N) is 1. The second-order valence-corrected chi connectivity index (χ2v) is 7.93. The zero-order valence-corrected chi connectivity index (χ0v) is 17.7. The molecule has 0 aliphatic rings. The van der Waals surface area contributed by atoms with Gasteiger partial charge in [0.25, 0.3) is 11.5 Å². The number of para-hydroxylation sites is 1. The van der Waals surface area contributed by atoms with Gasteiger partial charge in [-0.2, -0.15) is 4.98 Å². The van der Waals surface area contributed by atoms with Crippen molar-refractivity contribution in [2.45, 2.75) is 13.3 Å². The lowest BCUT2D eigenvalue weighted by Crippen LogP contribution is -2.19. The maximum Gasteiger partial charge on any atom is 0.573 e. The van der Waals surface area contributed by atoms with Gasteiger partial charge in [0.15, 0.2) is 10.8 Å². The maximum absolute atomic E-state index is 13.0. The Morgan fingerprint density at radius 1 is 1.19 bits per heavy atom. The Kier molecular flexibility index (Phi) is 5.61. The van der Waals surface area contributed by atoms with Crippen LogP contribution in [0.15, 0.2) is 53.6 Å². The van der Waals surface area contributed by atoms with E-state index in [1.807, 2.05) is 0 Å². The number of aryl methyl sites for hydroxylation is 1. The number of carbonyl (C=O) groups is 1. The number of carbonyl (C=O) groups excluding carboxylic acids is 1. The lowest BCUT2D eigenvalue weighted by Gasteiger charge is -2.10. The summed E-state index contributed by atoms with van der Waals surface area (Å²) < 4.78 is 42.1. The van der Waals surface area contributed by atoms with Crippen LogP contribution in [-0.2, 0) is 0 Å². The number of halogens is 4.